The molecule has 0 aromatic heterocycles. The predicted molar refractivity (Wildman–Crippen MR) is 112 cm³/mol. The van der Waals surface area contributed by atoms with Gasteiger partial charge in [0.15, 0.2) is 11.5 Å². The molecule has 0 spiro atoms. The fraction of sp³-hybridized carbons (Fsp3) is 0.348. The van der Waals surface area contributed by atoms with Crippen LogP contribution in [0.5, 0.6) is 17.2 Å². The molecule has 0 bridgehead atoms. The summed E-state index contributed by atoms with van der Waals surface area (Å²) in [6.45, 7) is 2.73. The molecule has 154 valence electrons. The molecule has 3 rings (SSSR count). The van der Waals surface area contributed by atoms with Gasteiger partial charge in [0.05, 0.1) is 26.9 Å². The van der Waals surface area contributed by atoms with E-state index in [-0.39, 0.29) is 6.04 Å². The van der Waals surface area contributed by atoms with Gasteiger partial charge in [-0.05, 0) is 59.9 Å². The Labute approximate surface area is 171 Å². The van der Waals surface area contributed by atoms with Crippen LogP contribution in [-0.4, -0.2) is 36.9 Å². The molecule has 1 unspecified atom stereocenters. The zero-order valence-corrected chi connectivity index (χ0v) is 17.1. The average Bonchev–Trinajstić information content (AvgIpc) is 2.73. The third kappa shape index (κ3) is 4.65. The van der Waals surface area contributed by atoms with Crippen molar-refractivity contribution < 1.29 is 24.1 Å². The van der Waals surface area contributed by atoms with E-state index in [1.165, 1.54) is 4.90 Å². The van der Waals surface area contributed by atoms with Gasteiger partial charge in [-0.1, -0.05) is 25.5 Å². The maximum absolute atomic E-state index is 11.9. The van der Waals surface area contributed by atoms with Gasteiger partial charge in [0.1, 0.15) is 5.75 Å². The van der Waals surface area contributed by atoms with Crippen molar-refractivity contribution >= 4 is 12.2 Å². The second-order valence-electron chi connectivity index (χ2n) is 6.91. The Bertz CT molecular complexity index is 893. The standard InChI is InChI=1S/C23H27NO5/c1-4-5-11-29-22-14-17-9-10-24(23(25)26)20(19(17)15-21(22)28-3)13-16-7-6-8-18(12-16)27-2/h6-10,12,14-15,20H,4-5,11,13H2,1-3H3,(H,25,26). The summed E-state index contributed by atoms with van der Waals surface area (Å²) in [5, 5.41) is 9.73. The van der Waals surface area contributed by atoms with Crippen LogP contribution in [0.15, 0.2) is 42.6 Å². The van der Waals surface area contributed by atoms with E-state index in [1.54, 1.807) is 26.5 Å². The van der Waals surface area contributed by atoms with E-state index in [9.17, 15) is 9.90 Å². The topological polar surface area (TPSA) is 68.2 Å². The number of carbonyl (C=O) groups is 1. The van der Waals surface area contributed by atoms with E-state index in [0.29, 0.717) is 24.5 Å². The molecule has 0 fully saturated rings. The minimum Gasteiger partial charge on any atom is -0.497 e. The van der Waals surface area contributed by atoms with Crippen molar-refractivity contribution in [2.45, 2.75) is 32.2 Å². The van der Waals surface area contributed by atoms with Gasteiger partial charge >= 0.3 is 6.09 Å². The molecule has 1 amide bonds. The fourth-order valence-corrected chi connectivity index (χ4v) is 3.47. The van der Waals surface area contributed by atoms with E-state index in [2.05, 4.69) is 6.92 Å². The Morgan fingerprint density at radius 3 is 2.66 bits per heavy atom. The highest BCUT2D eigenvalue weighted by Crippen LogP contribution is 2.40. The summed E-state index contributed by atoms with van der Waals surface area (Å²) < 4.78 is 16.7. The van der Waals surface area contributed by atoms with Gasteiger partial charge in [-0.25, -0.2) is 4.79 Å². The van der Waals surface area contributed by atoms with E-state index in [0.717, 1.165) is 35.3 Å². The van der Waals surface area contributed by atoms with Gasteiger partial charge in [-0.3, -0.25) is 4.90 Å². The van der Waals surface area contributed by atoms with Crippen LogP contribution in [0.4, 0.5) is 4.79 Å². The van der Waals surface area contributed by atoms with Crippen molar-refractivity contribution in [2.24, 2.45) is 0 Å². The first-order valence-electron chi connectivity index (χ1n) is 9.74. The normalized spacial score (nSPS) is 15.0. The molecule has 0 saturated carbocycles. The van der Waals surface area contributed by atoms with Crippen LogP contribution in [0.1, 0.15) is 42.5 Å². The minimum absolute atomic E-state index is 0.377. The number of rotatable bonds is 8. The van der Waals surface area contributed by atoms with Gasteiger partial charge in [0.2, 0.25) is 0 Å². The number of nitrogens with zero attached hydrogens (tertiary/aromatic N) is 1. The molecule has 2 aromatic carbocycles. The lowest BCUT2D eigenvalue weighted by Gasteiger charge is -2.32. The van der Waals surface area contributed by atoms with Crippen molar-refractivity contribution in [3.8, 4) is 17.2 Å². The van der Waals surface area contributed by atoms with Gasteiger partial charge in [-0.15, -0.1) is 0 Å². The third-order valence-electron chi connectivity index (χ3n) is 5.02. The molecule has 1 aliphatic rings. The zero-order valence-electron chi connectivity index (χ0n) is 17.1. The summed E-state index contributed by atoms with van der Waals surface area (Å²) >= 11 is 0. The number of hydrogen-bond donors (Lipinski definition) is 1. The zero-order chi connectivity index (χ0) is 20.8. The van der Waals surface area contributed by atoms with Crippen LogP contribution in [-0.2, 0) is 6.42 Å². The first kappa shape index (κ1) is 20.6. The minimum atomic E-state index is -0.998. The lowest BCUT2D eigenvalue weighted by Crippen LogP contribution is -2.32. The van der Waals surface area contributed by atoms with Crippen molar-refractivity contribution in [1.29, 1.82) is 0 Å². The van der Waals surface area contributed by atoms with Crippen LogP contribution >= 0.6 is 0 Å². The highest BCUT2D eigenvalue weighted by atomic mass is 16.5. The molecule has 6 heteroatoms. The summed E-state index contributed by atoms with van der Waals surface area (Å²) in [6.07, 6.45) is 4.93. The van der Waals surface area contributed by atoms with E-state index in [4.69, 9.17) is 14.2 Å². The lowest BCUT2D eigenvalue weighted by atomic mass is 9.91. The Morgan fingerprint density at radius 2 is 1.97 bits per heavy atom. The number of carboxylic acid groups (broad SMARTS) is 1. The SMILES string of the molecule is CCCCOc1cc2c(cc1OC)C(Cc1cccc(OC)c1)N(C(=O)O)C=C2. The summed E-state index contributed by atoms with van der Waals surface area (Å²) in [6, 6.07) is 11.1. The summed E-state index contributed by atoms with van der Waals surface area (Å²) in [5.41, 5.74) is 2.81. The Morgan fingerprint density at radius 1 is 1.14 bits per heavy atom. The first-order chi connectivity index (χ1) is 14.1. The van der Waals surface area contributed by atoms with Crippen molar-refractivity contribution in [3.05, 3.63) is 59.3 Å². The Kier molecular flexibility index (Phi) is 6.65. The number of fused-ring (bicyclic) bond motifs is 1. The largest absolute Gasteiger partial charge is 0.497 e. The number of benzene rings is 2. The lowest BCUT2D eigenvalue weighted by molar-refractivity contribution is 0.147. The number of amides is 1. The maximum atomic E-state index is 11.9. The molecule has 0 radical (unpaired) electrons. The summed E-state index contributed by atoms with van der Waals surface area (Å²) in [4.78, 5) is 13.2. The fourth-order valence-electron chi connectivity index (χ4n) is 3.47. The van der Waals surface area contributed by atoms with Crippen LogP contribution < -0.4 is 14.2 Å². The highest BCUT2D eigenvalue weighted by Gasteiger charge is 2.29. The Hall–Kier alpha value is -3.15. The van der Waals surface area contributed by atoms with Gasteiger partial charge in [0.25, 0.3) is 0 Å². The Balaban J connectivity index is 1.98. The first-order valence-corrected chi connectivity index (χ1v) is 9.74. The monoisotopic (exact) mass is 397 g/mol. The number of unbranched alkanes of at least 4 members (excludes halogenated alkanes) is 1. The molecule has 1 N–H and O–H groups in total. The van der Waals surface area contributed by atoms with Crippen LogP contribution in [0.25, 0.3) is 6.08 Å². The molecular weight excluding hydrogens is 370 g/mol. The molecule has 2 aromatic rings. The quantitative estimate of drug-likeness (QED) is 0.626. The van der Waals surface area contributed by atoms with Gasteiger partial charge in [-0.2, -0.15) is 0 Å². The van der Waals surface area contributed by atoms with Crippen molar-refractivity contribution in [2.75, 3.05) is 20.8 Å². The number of ether oxygens (including phenoxy) is 3. The van der Waals surface area contributed by atoms with Crippen LogP contribution in [0, 0.1) is 0 Å². The second kappa shape index (κ2) is 9.37. The van der Waals surface area contributed by atoms with Crippen LogP contribution in [0.2, 0.25) is 0 Å². The molecule has 1 atom stereocenters. The number of methoxy groups -OCH3 is 2. The smallest absolute Gasteiger partial charge is 0.411 e. The van der Waals surface area contributed by atoms with E-state index >= 15 is 0 Å². The van der Waals surface area contributed by atoms with Crippen molar-refractivity contribution in [1.82, 2.24) is 4.90 Å². The molecule has 1 aliphatic heterocycles. The summed E-state index contributed by atoms with van der Waals surface area (Å²) in [5.74, 6) is 2.03. The molecular formula is C23H27NO5. The average molecular weight is 397 g/mol. The predicted octanol–water partition coefficient (Wildman–Crippen LogP) is 5.13. The highest BCUT2D eigenvalue weighted by molar-refractivity contribution is 5.73. The van der Waals surface area contributed by atoms with E-state index in [1.807, 2.05) is 36.4 Å². The van der Waals surface area contributed by atoms with Gasteiger partial charge in [0, 0.05) is 6.20 Å². The van der Waals surface area contributed by atoms with Crippen molar-refractivity contribution in [3.63, 3.8) is 0 Å². The molecule has 29 heavy (non-hydrogen) atoms. The molecule has 1 heterocycles. The second-order valence-corrected chi connectivity index (χ2v) is 6.91. The molecule has 0 saturated heterocycles. The number of hydrogen-bond acceptors (Lipinski definition) is 4. The van der Waals surface area contributed by atoms with E-state index < -0.39 is 6.09 Å². The van der Waals surface area contributed by atoms with Crippen LogP contribution in [0.3, 0.4) is 0 Å². The third-order valence-corrected chi connectivity index (χ3v) is 5.02. The molecule has 0 aliphatic carbocycles. The van der Waals surface area contributed by atoms with Gasteiger partial charge < -0.3 is 19.3 Å². The maximum Gasteiger partial charge on any atom is 0.411 e. The summed E-state index contributed by atoms with van der Waals surface area (Å²) in [7, 11) is 3.21. The molecule has 6 nitrogen and oxygen atoms in total.